The molecule has 0 fully saturated rings. The van der Waals surface area contributed by atoms with E-state index >= 15 is 0 Å². The molecule has 2 aromatic rings. The number of hydrogen-bond donors (Lipinski definition) is 1. The molecular formula is C12H14N2. The number of fused-ring (bicyclic) bond motifs is 1. The first-order chi connectivity index (χ1) is 6.81. The number of nitrogens with zero attached hydrogens (tertiary/aromatic N) is 1. The van der Waals surface area contributed by atoms with Gasteiger partial charge in [-0.05, 0) is 37.7 Å². The Hall–Kier alpha value is -1.41. The van der Waals surface area contributed by atoms with E-state index in [-0.39, 0.29) is 0 Å². The largest absolute Gasteiger partial charge is 0.313 e. The maximum atomic E-state index is 4.29. The van der Waals surface area contributed by atoms with E-state index in [1.807, 2.05) is 19.3 Å². The van der Waals surface area contributed by atoms with Crippen molar-refractivity contribution in [2.24, 2.45) is 0 Å². The van der Waals surface area contributed by atoms with Crippen LogP contribution in [0.2, 0.25) is 0 Å². The number of aromatic nitrogens is 1. The van der Waals surface area contributed by atoms with E-state index in [2.05, 4.69) is 41.5 Å². The van der Waals surface area contributed by atoms with Crippen molar-refractivity contribution < 1.29 is 0 Å². The number of nitrogens with one attached hydrogen (secondary N) is 1. The molecule has 2 heteroatoms. The second kappa shape index (κ2) is 3.76. The van der Waals surface area contributed by atoms with E-state index < -0.39 is 0 Å². The van der Waals surface area contributed by atoms with Crippen LogP contribution in [0.3, 0.4) is 0 Å². The lowest BCUT2D eigenvalue weighted by molar-refractivity contribution is 0.653. The van der Waals surface area contributed by atoms with E-state index in [9.17, 15) is 0 Å². The minimum Gasteiger partial charge on any atom is -0.313 e. The molecule has 0 saturated heterocycles. The fourth-order valence-corrected chi connectivity index (χ4v) is 1.53. The van der Waals surface area contributed by atoms with E-state index in [4.69, 9.17) is 0 Å². The van der Waals surface area contributed by atoms with E-state index in [1.54, 1.807) is 0 Å². The van der Waals surface area contributed by atoms with E-state index in [0.29, 0.717) is 6.04 Å². The standard InChI is InChI=1S/C12H14N2/c1-9(13-2)10-5-6-12-11(8-10)4-3-7-14-12/h3-9,13H,1-2H3/t9-/m1/s1. The van der Waals surface area contributed by atoms with Gasteiger partial charge in [-0.3, -0.25) is 4.98 Å². The summed E-state index contributed by atoms with van der Waals surface area (Å²) in [6, 6.07) is 10.8. The first kappa shape index (κ1) is 9.16. The van der Waals surface area contributed by atoms with Gasteiger partial charge in [-0.2, -0.15) is 0 Å². The lowest BCUT2D eigenvalue weighted by atomic mass is 10.1. The molecular weight excluding hydrogens is 172 g/mol. The molecule has 2 nitrogen and oxygen atoms in total. The highest BCUT2D eigenvalue weighted by atomic mass is 14.8. The van der Waals surface area contributed by atoms with Crippen LogP contribution in [0.1, 0.15) is 18.5 Å². The second-order valence-corrected chi connectivity index (χ2v) is 3.47. The van der Waals surface area contributed by atoms with Crippen LogP contribution in [-0.2, 0) is 0 Å². The minimum absolute atomic E-state index is 0.389. The molecule has 0 aliphatic heterocycles. The molecule has 1 aromatic heterocycles. The quantitative estimate of drug-likeness (QED) is 0.779. The van der Waals surface area contributed by atoms with E-state index in [1.165, 1.54) is 10.9 Å². The third-order valence-corrected chi connectivity index (χ3v) is 2.56. The van der Waals surface area contributed by atoms with Crippen LogP contribution in [0.5, 0.6) is 0 Å². The zero-order valence-corrected chi connectivity index (χ0v) is 8.49. The highest BCUT2D eigenvalue weighted by Crippen LogP contribution is 2.18. The van der Waals surface area contributed by atoms with Crippen molar-refractivity contribution in [1.29, 1.82) is 0 Å². The molecule has 0 amide bonds. The molecule has 1 aromatic carbocycles. The van der Waals surface area contributed by atoms with Gasteiger partial charge in [0.05, 0.1) is 5.52 Å². The van der Waals surface area contributed by atoms with Crippen molar-refractivity contribution in [2.45, 2.75) is 13.0 Å². The minimum atomic E-state index is 0.389. The van der Waals surface area contributed by atoms with Crippen molar-refractivity contribution >= 4 is 10.9 Å². The average Bonchev–Trinajstić information content (AvgIpc) is 2.27. The van der Waals surface area contributed by atoms with Gasteiger partial charge in [-0.25, -0.2) is 0 Å². The summed E-state index contributed by atoms with van der Waals surface area (Å²) in [5, 5.41) is 4.43. The van der Waals surface area contributed by atoms with Crippen molar-refractivity contribution in [1.82, 2.24) is 10.3 Å². The highest BCUT2D eigenvalue weighted by molar-refractivity contribution is 5.79. The third kappa shape index (κ3) is 1.61. The predicted octanol–water partition coefficient (Wildman–Crippen LogP) is 2.52. The SMILES string of the molecule is CN[C@H](C)c1ccc2ncccc2c1. The van der Waals surface area contributed by atoms with Crippen LogP contribution < -0.4 is 5.32 Å². The molecule has 0 saturated carbocycles. The Morgan fingerprint density at radius 3 is 2.93 bits per heavy atom. The summed E-state index contributed by atoms with van der Waals surface area (Å²) < 4.78 is 0. The molecule has 1 heterocycles. The Bertz CT molecular complexity index is 437. The van der Waals surface area contributed by atoms with Gasteiger partial charge >= 0.3 is 0 Å². The van der Waals surface area contributed by atoms with Crippen molar-refractivity contribution in [2.75, 3.05) is 7.05 Å². The molecule has 1 atom stereocenters. The maximum absolute atomic E-state index is 4.29. The van der Waals surface area contributed by atoms with Crippen LogP contribution in [-0.4, -0.2) is 12.0 Å². The van der Waals surface area contributed by atoms with Gasteiger partial charge in [0.25, 0.3) is 0 Å². The Labute approximate surface area is 84.0 Å². The van der Waals surface area contributed by atoms with Crippen LogP contribution >= 0.6 is 0 Å². The van der Waals surface area contributed by atoms with Gasteiger partial charge in [0.2, 0.25) is 0 Å². The third-order valence-electron chi connectivity index (χ3n) is 2.56. The summed E-state index contributed by atoms with van der Waals surface area (Å²) >= 11 is 0. The Morgan fingerprint density at radius 1 is 1.29 bits per heavy atom. The van der Waals surface area contributed by atoms with Gasteiger partial charge in [0.1, 0.15) is 0 Å². The molecule has 0 unspecified atom stereocenters. The number of hydrogen-bond acceptors (Lipinski definition) is 2. The summed E-state index contributed by atoms with van der Waals surface area (Å²) in [7, 11) is 1.97. The van der Waals surface area contributed by atoms with Gasteiger partial charge in [-0.15, -0.1) is 0 Å². The molecule has 14 heavy (non-hydrogen) atoms. The van der Waals surface area contributed by atoms with Gasteiger partial charge in [0, 0.05) is 17.6 Å². The smallest absolute Gasteiger partial charge is 0.0702 e. The highest BCUT2D eigenvalue weighted by Gasteiger charge is 2.02. The normalized spacial score (nSPS) is 13.0. The summed E-state index contributed by atoms with van der Waals surface area (Å²) in [4.78, 5) is 4.29. The van der Waals surface area contributed by atoms with Crippen LogP contribution in [0, 0.1) is 0 Å². The molecule has 1 N–H and O–H groups in total. The van der Waals surface area contributed by atoms with Crippen molar-refractivity contribution in [3.8, 4) is 0 Å². The van der Waals surface area contributed by atoms with E-state index in [0.717, 1.165) is 5.52 Å². The summed E-state index contributed by atoms with van der Waals surface area (Å²) in [5.74, 6) is 0. The van der Waals surface area contributed by atoms with Crippen LogP contribution in [0.4, 0.5) is 0 Å². The zero-order valence-electron chi connectivity index (χ0n) is 8.49. The molecule has 0 aliphatic rings. The summed E-state index contributed by atoms with van der Waals surface area (Å²) in [5.41, 5.74) is 2.35. The molecule has 0 spiro atoms. The van der Waals surface area contributed by atoms with Gasteiger partial charge < -0.3 is 5.32 Å². The Morgan fingerprint density at radius 2 is 2.14 bits per heavy atom. The van der Waals surface area contributed by atoms with Crippen LogP contribution in [0.15, 0.2) is 36.5 Å². The number of benzene rings is 1. The Kier molecular flexibility index (Phi) is 2.46. The van der Waals surface area contributed by atoms with Gasteiger partial charge in [0.15, 0.2) is 0 Å². The summed E-state index contributed by atoms with van der Waals surface area (Å²) in [6.45, 7) is 2.15. The maximum Gasteiger partial charge on any atom is 0.0702 e. The molecule has 72 valence electrons. The fourth-order valence-electron chi connectivity index (χ4n) is 1.53. The van der Waals surface area contributed by atoms with Crippen molar-refractivity contribution in [3.63, 3.8) is 0 Å². The second-order valence-electron chi connectivity index (χ2n) is 3.47. The van der Waals surface area contributed by atoms with Crippen molar-refractivity contribution in [3.05, 3.63) is 42.1 Å². The number of rotatable bonds is 2. The predicted molar refractivity (Wildman–Crippen MR) is 59.2 cm³/mol. The fraction of sp³-hybridized carbons (Fsp3) is 0.250. The lowest BCUT2D eigenvalue weighted by Crippen LogP contribution is -2.11. The number of pyridine rings is 1. The van der Waals surface area contributed by atoms with Gasteiger partial charge in [-0.1, -0.05) is 12.1 Å². The monoisotopic (exact) mass is 186 g/mol. The topological polar surface area (TPSA) is 24.9 Å². The first-order valence-electron chi connectivity index (χ1n) is 4.83. The molecule has 0 radical (unpaired) electrons. The average molecular weight is 186 g/mol. The first-order valence-corrected chi connectivity index (χ1v) is 4.83. The van der Waals surface area contributed by atoms with Crippen LogP contribution in [0.25, 0.3) is 10.9 Å². The zero-order chi connectivity index (χ0) is 9.97. The molecule has 0 bridgehead atoms. The molecule has 0 aliphatic carbocycles. The molecule has 2 rings (SSSR count). The lowest BCUT2D eigenvalue weighted by Gasteiger charge is -2.10. The Balaban J connectivity index is 2.51. The summed E-state index contributed by atoms with van der Waals surface area (Å²) in [6.07, 6.45) is 1.82.